The van der Waals surface area contributed by atoms with E-state index in [4.69, 9.17) is 11.0 Å². The van der Waals surface area contributed by atoms with E-state index in [-0.39, 0.29) is 5.41 Å². The highest BCUT2D eigenvalue weighted by molar-refractivity contribution is 4.91. The fourth-order valence-corrected chi connectivity index (χ4v) is 2.55. The van der Waals surface area contributed by atoms with E-state index in [0.29, 0.717) is 12.1 Å². The van der Waals surface area contributed by atoms with Gasteiger partial charge in [-0.1, -0.05) is 0 Å². The van der Waals surface area contributed by atoms with Crippen LogP contribution in [0.1, 0.15) is 52.4 Å². The van der Waals surface area contributed by atoms with Gasteiger partial charge >= 0.3 is 0 Å². The number of rotatable bonds is 5. The standard InChI is InChI=1S/C14H27N3/c1-14(2,11-15)9-4-10-17(3)13-7-5-12(16)6-8-13/h12-13H,4-10,16H2,1-3H3. The van der Waals surface area contributed by atoms with Crippen molar-refractivity contribution in [1.82, 2.24) is 4.90 Å². The van der Waals surface area contributed by atoms with Crippen LogP contribution in [0.3, 0.4) is 0 Å². The number of nitrogens with zero attached hydrogens (tertiary/aromatic N) is 2. The third-order valence-electron chi connectivity index (χ3n) is 3.98. The first kappa shape index (κ1) is 14.5. The van der Waals surface area contributed by atoms with E-state index >= 15 is 0 Å². The van der Waals surface area contributed by atoms with E-state index in [0.717, 1.165) is 19.4 Å². The third kappa shape index (κ3) is 5.06. The molecule has 0 aliphatic heterocycles. The number of hydrogen-bond acceptors (Lipinski definition) is 3. The van der Waals surface area contributed by atoms with Gasteiger partial charge in [0.2, 0.25) is 0 Å². The second-order valence-corrected chi connectivity index (χ2v) is 6.15. The molecule has 0 radical (unpaired) electrons. The Balaban J connectivity index is 2.21. The van der Waals surface area contributed by atoms with Crippen molar-refractivity contribution in [2.75, 3.05) is 13.6 Å². The fraction of sp³-hybridized carbons (Fsp3) is 0.929. The van der Waals surface area contributed by atoms with Gasteiger partial charge < -0.3 is 10.6 Å². The minimum Gasteiger partial charge on any atom is -0.328 e. The largest absolute Gasteiger partial charge is 0.328 e. The molecule has 1 aliphatic carbocycles. The number of nitriles is 1. The number of nitrogens with two attached hydrogens (primary N) is 1. The molecule has 3 heteroatoms. The highest BCUT2D eigenvalue weighted by Crippen LogP contribution is 2.24. The Morgan fingerprint density at radius 1 is 1.29 bits per heavy atom. The summed E-state index contributed by atoms with van der Waals surface area (Å²) in [6, 6.07) is 3.50. The zero-order valence-corrected chi connectivity index (χ0v) is 11.6. The van der Waals surface area contributed by atoms with Crippen LogP contribution in [0.4, 0.5) is 0 Å². The Kier molecular flexibility index (Phi) is 5.42. The Labute approximate surface area is 106 Å². The van der Waals surface area contributed by atoms with Crippen molar-refractivity contribution in [3.63, 3.8) is 0 Å². The molecule has 0 aromatic rings. The normalized spacial score (nSPS) is 25.9. The first-order valence-corrected chi connectivity index (χ1v) is 6.82. The number of hydrogen-bond donors (Lipinski definition) is 1. The molecular weight excluding hydrogens is 210 g/mol. The Morgan fingerprint density at radius 3 is 2.41 bits per heavy atom. The van der Waals surface area contributed by atoms with Crippen LogP contribution in [0.5, 0.6) is 0 Å². The summed E-state index contributed by atoms with van der Waals surface area (Å²) in [5, 5.41) is 8.96. The molecule has 0 heterocycles. The van der Waals surface area contributed by atoms with Crippen molar-refractivity contribution in [3.05, 3.63) is 0 Å². The lowest BCUT2D eigenvalue weighted by Crippen LogP contribution is -2.39. The van der Waals surface area contributed by atoms with Gasteiger partial charge in [-0.2, -0.15) is 5.26 Å². The second-order valence-electron chi connectivity index (χ2n) is 6.15. The van der Waals surface area contributed by atoms with Crippen LogP contribution in [0, 0.1) is 16.7 Å². The van der Waals surface area contributed by atoms with Crippen LogP contribution in [0.15, 0.2) is 0 Å². The molecule has 0 amide bonds. The van der Waals surface area contributed by atoms with Gasteiger partial charge in [0.25, 0.3) is 0 Å². The first-order valence-electron chi connectivity index (χ1n) is 6.82. The average Bonchev–Trinajstić information content (AvgIpc) is 2.29. The third-order valence-corrected chi connectivity index (χ3v) is 3.98. The molecular formula is C14H27N3. The Morgan fingerprint density at radius 2 is 1.88 bits per heavy atom. The maximum Gasteiger partial charge on any atom is 0.0683 e. The lowest BCUT2D eigenvalue weighted by molar-refractivity contribution is 0.176. The fourth-order valence-electron chi connectivity index (χ4n) is 2.55. The second kappa shape index (κ2) is 6.37. The molecule has 2 N–H and O–H groups in total. The molecule has 0 bridgehead atoms. The summed E-state index contributed by atoms with van der Waals surface area (Å²) in [5.41, 5.74) is 5.75. The molecule has 1 fully saturated rings. The topological polar surface area (TPSA) is 53.0 Å². The van der Waals surface area contributed by atoms with Crippen molar-refractivity contribution >= 4 is 0 Å². The van der Waals surface area contributed by atoms with E-state index < -0.39 is 0 Å². The molecule has 98 valence electrons. The van der Waals surface area contributed by atoms with Gasteiger partial charge in [0.05, 0.1) is 11.5 Å². The van der Waals surface area contributed by atoms with Gasteiger partial charge in [0.15, 0.2) is 0 Å². The minimum absolute atomic E-state index is 0.171. The Bertz CT molecular complexity index is 259. The lowest BCUT2D eigenvalue weighted by Gasteiger charge is -2.33. The van der Waals surface area contributed by atoms with Crippen molar-refractivity contribution in [2.45, 2.75) is 64.5 Å². The molecule has 17 heavy (non-hydrogen) atoms. The molecule has 1 aliphatic rings. The van der Waals surface area contributed by atoms with Gasteiger partial charge in [0, 0.05) is 12.1 Å². The van der Waals surface area contributed by atoms with E-state index in [1.54, 1.807) is 0 Å². The summed E-state index contributed by atoms with van der Waals surface area (Å²) < 4.78 is 0. The van der Waals surface area contributed by atoms with Crippen LogP contribution in [-0.2, 0) is 0 Å². The van der Waals surface area contributed by atoms with Crippen molar-refractivity contribution in [1.29, 1.82) is 5.26 Å². The van der Waals surface area contributed by atoms with Gasteiger partial charge in [0.1, 0.15) is 0 Å². The molecule has 0 spiro atoms. The highest BCUT2D eigenvalue weighted by Gasteiger charge is 2.22. The molecule has 0 unspecified atom stereocenters. The van der Waals surface area contributed by atoms with Gasteiger partial charge in [-0.3, -0.25) is 0 Å². The van der Waals surface area contributed by atoms with E-state index in [1.807, 2.05) is 13.8 Å². The summed E-state index contributed by atoms with van der Waals surface area (Å²) >= 11 is 0. The van der Waals surface area contributed by atoms with Gasteiger partial charge in [-0.05, 0) is 66.0 Å². The SMILES string of the molecule is CN(CCCC(C)(C)C#N)C1CCC(N)CC1. The average molecular weight is 237 g/mol. The summed E-state index contributed by atoms with van der Waals surface area (Å²) in [6.07, 6.45) is 6.90. The smallest absolute Gasteiger partial charge is 0.0683 e. The van der Waals surface area contributed by atoms with Crippen LogP contribution in [0.25, 0.3) is 0 Å². The van der Waals surface area contributed by atoms with Gasteiger partial charge in [-0.25, -0.2) is 0 Å². The quantitative estimate of drug-likeness (QED) is 0.799. The maximum absolute atomic E-state index is 8.96. The monoisotopic (exact) mass is 237 g/mol. The highest BCUT2D eigenvalue weighted by atomic mass is 15.1. The van der Waals surface area contributed by atoms with Crippen molar-refractivity contribution in [2.24, 2.45) is 11.1 Å². The van der Waals surface area contributed by atoms with Crippen LogP contribution in [0.2, 0.25) is 0 Å². The van der Waals surface area contributed by atoms with Crippen molar-refractivity contribution in [3.8, 4) is 6.07 Å². The summed E-state index contributed by atoms with van der Waals surface area (Å²) in [6.45, 7) is 5.14. The molecule has 0 atom stereocenters. The molecule has 0 saturated heterocycles. The molecule has 0 aromatic carbocycles. The summed E-state index contributed by atoms with van der Waals surface area (Å²) in [5.74, 6) is 0. The first-order chi connectivity index (χ1) is 7.94. The summed E-state index contributed by atoms with van der Waals surface area (Å²) in [7, 11) is 2.21. The predicted molar refractivity (Wildman–Crippen MR) is 71.5 cm³/mol. The molecule has 0 aromatic heterocycles. The van der Waals surface area contributed by atoms with E-state index in [2.05, 4.69) is 18.0 Å². The molecule has 1 saturated carbocycles. The maximum atomic E-state index is 8.96. The minimum atomic E-state index is -0.171. The van der Waals surface area contributed by atoms with E-state index in [1.165, 1.54) is 25.7 Å². The van der Waals surface area contributed by atoms with E-state index in [9.17, 15) is 0 Å². The lowest BCUT2D eigenvalue weighted by atomic mass is 9.88. The van der Waals surface area contributed by atoms with Crippen LogP contribution in [-0.4, -0.2) is 30.6 Å². The Hall–Kier alpha value is -0.590. The van der Waals surface area contributed by atoms with Crippen LogP contribution >= 0.6 is 0 Å². The zero-order chi connectivity index (χ0) is 12.9. The zero-order valence-electron chi connectivity index (χ0n) is 11.6. The van der Waals surface area contributed by atoms with Crippen molar-refractivity contribution < 1.29 is 0 Å². The summed E-state index contributed by atoms with van der Waals surface area (Å²) in [4.78, 5) is 2.46. The molecule has 1 rings (SSSR count). The predicted octanol–water partition coefficient (Wildman–Crippen LogP) is 2.52. The van der Waals surface area contributed by atoms with Crippen LogP contribution < -0.4 is 5.73 Å². The van der Waals surface area contributed by atoms with Gasteiger partial charge in [-0.15, -0.1) is 0 Å². The molecule has 3 nitrogen and oxygen atoms in total.